The zero-order valence-electron chi connectivity index (χ0n) is 15.1. The van der Waals surface area contributed by atoms with Gasteiger partial charge in [0.15, 0.2) is 5.82 Å². The van der Waals surface area contributed by atoms with E-state index in [1.807, 2.05) is 55.5 Å². The molecule has 0 unspecified atom stereocenters. The van der Waals surface area contributed by atoms with Crippen LogP contribution in [0.25, 0.3) is 0 Å². The van der Waals surface area contributed by atoms with Gasteiger partial charge in [-0.1, -0.05) is 35.9 Å². The smallest absolute Gasteiger partial charge is 0.229 e. The fourth-order valence-electron chi connectivity index (χ4n) is 2.60. The molecule has 3 rings (SSSR count). The molecule has 2 aromatic carbocycles. The van der Waals surface area contributed by atoms with E-state index in [1.54, 1.807) is 13.3 Å². The molecule has 0 radical (unpaired) electrons. The molecule has 1 atom stereocenters. The van der Waals surface area contributed by atoms with Crippen LogP contribution in [0.4, 0.5) is 17.5 Å². The zero-order valence-corrected chi connectivity index (χ0v) is 15.9. The number of methoxy groups -OCH3 is 1. The number of ether oxygens (including phenoxy) is 1. The highest BCUT2D eigenvalue weighted by Crippen LogP contribution is 2.27. The van der Waals surface area contributed by atoms with Crippen LogP contribution in [0.5, 0.6) is 5.75 Å². The first-order valence-electron chi connectivity index (χ1n) is 8.49. The molecule has 0 aliphatic carbocycles. The van der Waals surface area contributed by atoms with Gasteiger partial charge in [-0.3, -0.25) is 0 Å². The summed E-state index contributed by atoms with van der Waals surface area (Å²) in [5, 5.41) is 16.1. The number of anilines is 3. The number of hydrogen-bond acceptors (Lipinski definition) is 6. The van der Waals surface area contributed by atoms with Crippen molar-refractivity contribution in [3.8, 4) is 5.75 Å². The van der Waals surface area contributed by atoms with Crippen molar-refractivity contribution in [1.82, 2.24) is 9.97 Å². The van der Waals surface area contributed by atoms with Crippen LogP contribution in [0.1, 0.15) is 24.1 Å². The molecule has 0 saturated carbocycles. The summed E-state index contributed by atoms with van der Waals surface area (Å²) in [5.41, 5.74) is 2.64. The summed E-state index contributed by atoms with van der Waals surface area (Å²) in [4.78, 5) is 8.69. The first-order chi connectivity index (χ1) is 13.1. The molecule has 1 heterocycles. The van der Waals surface area contributed by atoms with Crippen molar-refractivity contribution in [2.75, 3.05) is 17.7 Å². The van der Waals surface area contributed by atoms with Gasteiger partial charge in [0.1, 0.15) is 10.8 Å². The third-order valence-corrected chi connectivity index (χ3v) is 4.33. The third-order valence-electron chi connectivity index (χ3n) is 4.06. The van der Waals surface area contributed by atoms with Gasteiger partial charge in [-0.05, 0) is 42.3 Å². The van der Waals surface area contributed by atoms with E-state index in [4.69, 9.17) is 16.3 Å². The minimum Gasteiger partial charge on any atom is -0.497 e. The van der Waals surface area contributed by atoms with Crippen molar-refractivity contribution >= 4 is 29.1 Å². The summed E-state index contributed by atoms with van der Waals surface area (Å²) in [6.07, 6.45) is 1.55. The van der Waals surface area contributed by atoms with Crippen LogP contribution in [-0.4, -0.2) is 22.2 Å². The molecule has 0 aliphatic rings. The maximum Gasteiger partial charge on any atom is 0.229 e. The number of aromatic nitrogens is 2. The van der Waals surface area contributed by atoms with E-state index in [1.165, 1.54) is 0 Å². The normalized spacial score (nSPS) is 11.7. The van der Waals surface area contributed by atoms with Crippen molar-refractivity contribution in [3.63, 3.8) is 0 Å². The van der Waals surface area contributed by atoms with E-state index >= 15 is 0 Å². The maximum atomic E-state index is 9.26. The van der Waals surface area contributed by atoms with Crippen molar-refractivity contribution < 1.29 is 9.84 Å². The molecule has 0 aliphatic heterocycles. The van der Waals surface area contributed by atoms with Gasteiger partial charge in [0.05, 0.1) is 26.0 Å². The second-order valence-corrected chi connectivity index (χ2v) is 6.42. The molecule has 1 aromatic heterocycles. The zero-order chi connectivity index (χ0) is 19.2. The SMILES string of the molecule is COc1cccc([C@@H](C)Nc2nc(Nc3cccc(CO)c3)ncc2Cl)c1. The van der Waals surface area contributed by atoms with E-state index in [9.17, 15) is 5.11 Å². The van der Waals surface area contributed by atoms with E-state index in [-0.39, 0.29) is 12.6 Å². The van der Waals surface area contributed by atoms with Crippen LogP contribution >= 0.6 is 11.6 Å². The predicted molar refractivity (Wildman–Crippen MR) is 108 cm³/mol. The number of aliphatic hydroxyl groups is 1. The second kappa shape index (κ2) is 8.70. The van der Waals surface area contributed by atoms with Crippen molar-refractivity contribution in [2.24, 2.45) is 0 Å². The number of nitrogens with one attached hydrogen (secondary N) is 2. The van der Waals surface area contributed by atoms with Crippen LogP contribution in [0.2, 0.25) is 5.02 Å². The highest BCUT2D eigenvalue weighted by Gasteiger charge is 2.12. The molecule has 7 heteroatoms. The summed E-state index contributed by atoms with van der Waals surface area (Å²) in [6.45, 7) is 1.99. The van der Waals surface area contributed by atoms with Crippen LogP contribution in [-0.2, 0) is 6.61 Å². The summed E-state index contributed by atoms with van der Waals surface area (Å²) < 4.78 is 5.28. The highest BCUT2D eigenvalue weighted by atomic mass is 35.5. The van der Waals surface area contributed by atoms with E-state index in [0.717, 1.165) is 22.6 Å². The predicted octanol–water partition coefficient (Wildman–Crippen LogP) is 4.55. The van der Waals surface area contributed by atoms with Gasteiger partial charge in [0.25, 0.3) is 0 Å². The first kappa shape index (κ1) is 18.9. The standard InChI is InChI=1S/C20H21ClN4O2/c1-13(15-6-4-8-17(10-15)27-2)23-19-18(21)11-22-20(25-19)24-16-7-3-5-14(9-16)12-26/h3-11,13,26H,12H2,1-2H3,(H2,22,23,24,25)/t13-/m1/s1. The van der Waals surface area contributed by atoms with E-state index < -0.39 is 0 Å². The summed E-state index contributed by atoms with van der Waals surface area (Å²) in [7, 11) is 1.64. The van der Waals surface area contributed by atoms with Crippen molar-refractivity contribution in [3.05, 3.63) is 70.9 Å². The summed E-state index contributed by atoms with van der Waals surface area (Å²) in [6, 6.07) is 15.2. The van der Waals surface area contributed by atoms with E-state index in [0.29, 0.717) is 16.8 Å². The summed E-state index contributed by atoms with van der Waals surface area (Å²) >= 11 is 6.26. The molecule has 0 saturated heterocycles. The number of halogens is 1. The lowest BCUT2D eigenvalue weighted by molar-refractivity contribution is 0.282. The van der Waals surface area contributed by atoms with Crippen molar-refractivity contribution in [1.29, 1.82) is 0 Å². The van der Waals surface area contributed by atoms with Gasteiger partial charge in [0.2, 0.25) is 5.95 Å². The van der Waals surface area contributed by atoms with Crippen molar-refractivity contribution in [2.45, 2.75) is 19.6 Å². The second-order valence-electron chi connectivity index (χ2n) is 6.02. The Morgan fingerprint density at radius 1 is 1.19 bits per heavy atom. The Morgan fingerprint density at radius 3 is 2.78 bits per heavy atom. The Kier molecular flexibility index (Phi) is 6.11. The van der Waals surface area contributed by atoms with Gasteiger partial charge in [-0.15, -0.1) is 0 Å². The lowest BCUT2D eigenvalue weighted by atomic mass is 10.1. The molecular formula is C20H21ClN4O2. The number of aliphatic hydroxyl groups excluding tert-OH is 1. The minimum atomic E-state index is -0.0296. The number of benzene rings is 2. The monoisotopic (exact) mass is 384 g/mol. The van der Waals surface area contributed by atoms with Crippen LogP contribution in [0.15, 0.2) is 54.7 Å². The average molecular weight is 385 g/mol. The highest BCUT2D eigenvalue weighted by molar-refractivity contribution is 6.32. The Morgan fingerprint density at radius 2 is 2.00 bits per heavy atom. The Labute approximate surface area is 163 Å². The lowest BCUT2D eigenvalue weighted by Crippen LogP contribution is -2.10. The van der Waals surface area contributed by atoms with Crippen LogP contribution in [0.3, 0.4) is 0 Å². The average Bonchev–Trinajstić information content (AvgIpc) is 2.70. The lowest BCUT2D eigenvalue weighted by Gasteiger charge is -2.17. The number of rotatable bonds is 7. The Balaban J connectivity index is 1.78. The minimum absolute atomic E-state index is 0.0259. The molecule has 140 valence electrons. The quantitative estimate of drug-likeness (QED) is 0.554. The van der Waals surface area contributed by atoms with Gasteiger partial charge < -0.3 is 20.5 Å². The van der Waals surface area contributed by atoms with Gasteiger partial charge >= 0.3 is 0 Å². The fourth-order valence-corrected chi connectivity index (χ4v) is 2.75. The summed E-state index contributed by atoms with van der Waals surface area (Å²) in [5.74, 6) is 1.73. The Hall–Kier alpha value is -2.83. The van der Waals surface area contributed by atoms with Crippen LogP contribution < -0.4 is 15.4 Å². The molecule has 0 bridgehead atoms. The molecule has 6 nitrogen and oxygen atoms in total. The van der Waals surface area contributed by atoms with Gasteiger partial charge in [-0.2, -0.15) is 4.98 Å². The molecular weight excluding hydrogens is 364 g/mol. The molecule has 0 spiro atoms. The van der Waals surface area contributed by atoms with Gasteiger partial charge in [-0.25, -0.2) is 4.98 Å². The van der Waals surface area contributed by atoms with Gasteiger partial charge in [0, 0.05) is 5.69 Å². The van der Waals surface area contributed by atoms with Crippen LogP contribution in [0, 0.1) is 0 Å². The maximum absolute atomic E-state index is 9.26. The first-order valence-corrected chi connectivity index (χ1v) is 8.86. The number of hydrogen-bond donors (Lipinski definition) is 3. The topological polar surface area (TPSA) is 79.3 Å². The van der Waals surface area contributed by atoms with E-state index in [2.05, 4.69) is 20.6 Å². The number of nitrogens with zero attached hydrogens (tertiary/aromatic N) is 2. The fraction of sp³-hybridized carbons (Fsp3) is 0.200. The third kappa shape index (κ3) is 4.87. The Bertz CT molecular complexity index is 920. The molecule has 0 fully saturated rings. The molecule has 27 heavy (non-hydrogen) atoms. The molecule has 0 amide bonds. The molecule has 3 N–H and O–H groups in total. The largest absolute Gasteiger partial charge is 0.497 e. The molecule has 3 aromatic rings.